The number of hydrogen-bond donors (Lipinski definition) is 2. The number of nitrogens with one attached hydrogen (secondary N) is 1. The van der Waals surface area contributed by atoms with E-state index in [0.29, 0.717) is 42.0 Å². The van der Waals surface area contributed by atoms with Gasteiger partial charge in [0.2, 0.25) is 0 Å². The molecule has 9 heteroatoms. The van der Waals surface area contributed by atoms with Crippen LogP contribution in [0.3, 0.4) is 0 Å². The van der Waals surface area contributed by atoms with Crippen molar-refractivity contribution in [3.63, 3.8) is 0 Å². The van der Waals surface area contributed by atoms with Gasteiger partial charge in [-0.15, -0.1) is 0 Å². The third-order valence-corrected chi connectivity index (χ3v) is 7.72. The van der Waals surface area contributed by atoms with E-state index in [1.165, 1.54) is 12.1 Å². The Balaban J connectivity index is 1.13. The average molecular weight is 508 g/mol. The van der Waals surface area contributed by atoms with Crippen molar-refractivity contribution in [2.45, 2.75) is 56.3 Å². The van der Waals surface area contributed by atoms with Gasteiger partial charge in [-0.25, -0.2) is 4.39 Å². The van der Waals surface area contributed by atoms with Crippen LogP contribution >= 0.6 is 23.2 Å². The molecule has 1 aliphatic heterocycles. The molecule has 2 aromatic carbocycles. The number of hydrogen-bond acceptors (Lipinski definition) is 5. The van der Waals surface area contributed by atoms with E-state index >= 15 is 0 Å². The molecule has 6 rings (SSSR count). The lowest BCUT2D eigenvalue weighted by Crippen LogP contribution is -2.75. The summed E-state index contributed by atoms with van der Waals surface area (Å²) < 4.78 is 24.9. The first-order valence-corrected chi connectivity index (χ1v) is 11.8. The number of carbonyl (C=O) groups excluding carboxylic acids is 2. The number of ketones is 1. The zero-order valence-electron chi connectivity index (χ0n) is 18.5. The Bertz CT molecular complexity index is 1170. The van der Waals surface area contributed by atoms with Gasteiger partial charge in [0.05, 0.1) is 11.1 Å². The largest absolute Gasteiger partial charge is 0.484 e. The maximum absolute atomic E-state index is 13.5. The highest BCUT2D eigenvalue weighted by Crippen LogP contribution is 2.69. The maximum atomic E-state index is 13.5. The molecule has 3 aliphatic carbocycles. The summed E-state index contributed by atoms with van der Waals surface area (Å²) in [5.74, 6) is -0.263. The van der Waals surface area contributed by atoms with Gasteiger partial charge < -0.3 is 19.9 Å². The van der Waals surface area contributed by atoms with Crippen LogP contribution in [0.2, 0.25) is 10.0 Å². The molecule has 4 aliphatic rings. The van der Waals surface area contributed by atoms with E-state index in [-0.39, 0.29) is 46.4 Å². The Morgan fingerprint density at radius 3 is 2.65 bits per heavy atom. The summed E-state index contributed by atoms with van der Waals surface area (Å²) in [5, 5.41) is 14.1. The zero-order chi connectivity index (χ0) is 24.3. The minimum Gasteiger partial charge on any atom is -0.484 e. The van der Waals surface area contributed by atoms with Crippen LogP contribution in [0.25, 0.3) is 0 Å². The number of fused-ring (bicyclic) bond motifs is 1. The lowest BCUT2D eigenvalue weighted by molar-refractivity contribution is -0.179. The molecule has 6 nitrogen and oxygen atoms in total. The molecule has 0 radical (unpaired) electrons. The van der Waals surface area contributed by atoms with E-state index in [0.717, 1.165) is 6.07 Å². The van der Waals surface area contributed by atoms with E-state index in [1.807, 2.05) is 0 Å². The molecule has 1 heterocycles. The number of aliphatic hydroxyl groups is 1. The van der Waals surface area contributed by atoms with Crippen LogP contribution in [0.1, 0.15) is 50.7 Å². The zero-order valence-corrected chi connectivity index (χ0v) is 20.0. The third-order valence-electron chi connectivity index (χ3n) is 7.18. The van der Waals surface area contributed by atoms with Gasteiger partial charge in [0, 0.05) is 35.0 Å². The molecule has 0 unspecified atom stereocenters. The van der Waals surface area contributed by atoms with E-state index in [4.69, 9.17) is 32.7 Å². The van der Waals surface area contributed by atoms with Crippen LogP contribution in [-0.2, 0) is 9.59 Å². The van der Waals surface area contributed by atoms with Gasteiger partial charge in [-0.3, -0.25) is 9.59 Å². The molecule has 3 fully saturated rings. The highest BCUT2D eigenvalue weighted by atomic mass is 35.5. The summed E-state index contributed by atoms with van der Waals surface area (Å²) in [6.45, 7) is 1.48. The van der Waals surface area contributed by atoms with Gasteiger partial charge in [0.15, 0.2) is 18.0 Å². The molecule has 0 aromatic heterocycles. The predicted molar refractivity (Wildman–Crippen MR) is 124 cm³/mol. The maximum Gasteiger partial charge on any atom is 0.258 e. The van der Waals surface area contributed by atoms with Crippen LogP contribution in [-0.4, -0.2) is 34.5 Å². The fraction of sp³-hybridized carbons (Fsp3) is 0.440. The Kier molecular flexibility index (Phi) is 5.58. The number of rotatable bonds is 7. The number of ether oxygens (including phenoxy) is 2. The Morgan fingerprint density at radius 1 is 1.21 bits per heavy atom. The lowest BCUT2D eigenvalue weighted by Gasteiger charge is -2.71. The van der Waals surface area contributed by atoms with E-state index in [1.54, 1.807) is 25.1 Å². The van der Waals surface area contributed by atoms with Gasteiger partial charge in [-0.2, -0.15) is 0 Å². The third kappa shape index (κ3) is 4.14. The van der Waals surface area contributed by atoms with Crippen molar-refractivity contribution in [1.82, 2.24) is 5.32 Å². The second kappa shape index (κ2) is 8.11. The summed E-state index contributed by atoms with van der Waals surface area (Å²) >= 11 is 11.7. The van der Waals surface area contributed by atoms with Gasteiger partial charge in [0.25, 0.3) is 5.91 Å². The summed E-state index contributed by atoms with van der Waals surface area (Å²) in [7, 11) is 0. The number of benzene rings is 2. The molecular formula is C25H24Cl2FNO5. The average Bonchev–Trinajstić information content (AvgIpc) is 2.72. The van der Waals surface area contributed by atoms with Crippen molar-refractivity contribution in [2.75, 3.05) is 6.61 Å². The van der Waals surface area contributed by atoms with E-state index < -0.39 is 17.5 Å². The number of halogens is 3. The second-order valence-electron chi connectivity index (χ2n) is 10.1. The molecule has 1 amide bonds. The van der Waals surface area contributed by atoms with Crippen LogP contribution in [0, 0.1) is 11.2 Å². The first kappa shape index (κ1) is 23.4. The van der Waals surface area contributed by atoms with Crippen LogP contribution < -0.4 is 14.8 Å². The SMILES string of the molecule is C[C@]1(C(=O)CC23CC(NC(=O)COc4ccc(Cl)c(F)c4)(C2)C3)C[C@H](O)c2cc(Cl)ccc2O1. The molecule has 2 bridgehead atoms. The standard InChI is InChI=1S/C25H24Cl2FNO5/c1-23(8-19(30)16-6-14(26)2-5-20(16)34-23)21(31)9-24-11-25(12-24,13-24)29-22(32)10-33-15-3-4-17(27)18(28)7-15/h2-7,19,30H,8-13H2,1H3,(H,29,32)/t19-,23+,24?,25?/m0/s1. The topological polar surface area (TPSA) is 84.9 Å². The fourth-order valence-electron chi connectivity index (χ4n) is 5.70. The molecule has 3 saturated carbocycles. The van der Waals surface area contributed by atoms with Crippen molar-refractivity contribution in [3.8, 4) is 11.5 Å². The highest BCUT2D eigenvalue weighted by Gasteiger charge is 2.69. The van der Waals surface area contributed by atoms with E-state index in [2.05, 4.69) is 5.32 Å². The van der Waals surface area contributed by atoms with Crippen molar-refractivity contribution in [1.29, 1.82) is 0 Å². The van der Waals surface area contributed by atoms with Crippen LogP contribution in [0.15, 0.2) is 36.4 Å². The molecule has 2 aromatic rings. The van der Waals surface area contributed by atoms with Crippen molar-refractivity contribution in [2.24, 2.45) is 5.41 Å². The molecular weight excluding hydrogens is 484 g/mol. The number of Topliss-reactive ketones (excluding diaryl/α,β-unsaturated/α-hetero) is 1. The van der Waals surface area contributed by atoms with Crippen LogP contribution in [0.5, 0.6) is 11.5 Å². The summed E-state index contributed by atoms with van der Waals surface area (Å²) in [5.41, 5.74) is -0.993. The minimum absolute atomic E-state index is 0.0129. The van der Waals surface area contributed by atoms with Crippen molar-refractivity contribution >= 4 is 34.9 Å². The monoisotopic (exact) mass is 507 g/mol. The first-order valence-electron chi connectivity index (χ1n) is 11.1. The van der Waals surface area contributed by atoms with Crippen molar-refractivity contribution in [3.05, 3.63) is 57.8 Å². The fourth-order valence-corrected chi connectivity index (χ4v) is 6.00. The molecule has 2 N–H and O–H groups in total. The quantitative estimate of drug-likeness (QED) is 0.562. The lowest BCUT2D eigenvalue weighted by atomic mass is 9.38. The Hall–Kier alpha value is -2.35. The molecule has 2 atom stereocenters. The minimum atomic E-state index is -1.12. The summed E-state index contributed by atoms with van der Waals surface area (Å²) in [4.78, 5) is 25.5. The van der Waals surface area contributed by atoms with Gasteiger partial charge in [-0.1, -0.05) is 23.2 Å². The number of carbonyl (C=O) groups is 2. The summed E-state index contributed by atoms with van der Waals surface area (Å²) in [6, 6.07) is 9.01. The molecule has 180 valence electrons. The normalized spacial score (nSPS) is 30.8. The molecule has 0 saturated heterocycles. The molecule has 34 heavy (non-hydrogen) atoms. The molecule has 0 spiro atoms. The van der Waals surface area contributed by atoms with Gasteiger partial charge in [0.1, 0.15) is 17.3 Å². The number of amides is 1. The highest BCUT2D eigenvalue weighted by molar-refractivity contribution is 6.31. The van der Waals surface area contributed by atoms with Gasteiger partial charge >= 0.3 is 0 Å². The predicted octanol–water partition coefficient (Wildman–Crippen LogP) is 4.78. The first-order chi connectivity index (χ1) is 16.0. The Labute approximate surface area is 206 Å². The van der Waals surface area contributed by atoms with Crippen molar-refractivity contribution < 1.29 is 28.6 Å². The van der Waals surface area contributed by atoms with Gasteiger partial charge in [-0.05, 0) is 61.9 Å². The van der Waals surface area contributed by atoms with E-state index in [9.17, 15) is 19.1 Å². The smallest absolute Gasteiger partial charge is 0.258 e. The number of aliphatic hydroxyl groups excluding tert-OH is 1. The second-order valence-corrected chi connectivity index (χ2v) is 10.9. The Morgan fingerprint density at radius 2 is 1.94 bits per heavy atom. The van der Waals surface area contributed by atoms with Crippen LogP contribution in [0.4, 0.5) is 4.39 Å². The summed E-state index contributed by atoms with van der Waals surface area (Å²) in [6.07, 6.45) is 1.79.